The molecule has 2 aromatic heterocycles. The van der Waals surface area contributed by atoms with Gasteiger partial charge in [-0.15, -0.1) is 23.7 Å². The van der Waals surface area contributed by atoms with Crippen LogP contribution in [0, 0.1) is 5.21 Å². The predicted octanol–water partition coefficient (Wildman–Crippen LogP) is 3.78. The van der Waals surface area contributed by atoms with Crippen molar-refractivity contribution in [3.63, 3.8) is 0 Å². The second-order valence-electron chi connectivity index (χ2n) is 6.42. The molecule has 0 bridgehead atoms. The molecular weight excluding hydrogens is 393 g/mol. The standard InChI is InChI=1S/C18H18ClN3OS.ClH.H2O/c1-11-8-13(9-15(21-11)12-2-4-14(19)5-3-12)18-20-10-17-16(22(18)23)6-7-24-17;;/h2-7,10-11,13,15,21H,8-9H2,1H3;1H;1H2. The van der Waals surface area contributed by atoms with Gasteiger partial charge in [-0.3, -0.25) is 0 Å². The van der Waals surface area contributed by atoms with Crippen molar-refractivity contribution in [3.05, 3.63) is 63.5 Å². The van der Waals surface area contributed by atoms with Crippen molar-refractivity contribution in [1.82, 2.24) is 10.3 Å². The fourth-order valence-corrected chi connectivity index (χ4v) is 4.43. The molecule has 5 nitrogen and oxygen atoms in total. The van der Waals surface area contributed by atoms with E-state index in [2.05, 4.69) is 29.4 Å². The first kappa shape index (κ1) is 20.9. The van der Waals surface area contributed by atoms with Crippen LogP contribution in [-0.2, 0) is 0 Å². The Kier molecular flexibility index (Phi) is 6.82. The molecule has 0 radical (unpaired) electrons. The van der Waals surface area contributed by atoms with Crippen LogP contribution < -0.4 is 10.0 Å². The highest BCUT2D eigenvalue weighted by Gasteiger charge is 2.33. The molecule has 0 amide bonds. The summed E-state index contributed by atoms with van der Waals surface area (Å²) in [6.07, 6.45) is 3.60. The Morgan fingerprint density at radius 1 is 1.23 bits per heavy atom. The third-order valence-electron chi connectivity index (χ3n) is 4.70. The van der Waals surface area contributed by atoms with Gasteiger partial charge in [-0.05, 0) is 48.9 Å². The number of piperidine rings is 1. The van der Waals surface area contributed by atoms with E-state index in [4.69, 9.17) is 11.6 Å². The van der Waals surface area contributed by atoms with Gasteiger partial charge in [0.05, 0.1) is 5.92 Å². The summed E-state index contributed by atoms with van der Waals surface area (Å²) in [5.74, 6) is 0.775. The fourth-order valence-electron chi connectivity index (χ4n) is 3.58. The minimum Gasteiger partial charge on any atom is -0.710 e. The summed E-state index contributed by atoms with van der Waals surface area (Å²) < 4.78 is 1.96. The normalized spacial score (nSPS) is 22.5. The molecule has 3 aromatic rings. The van der Waals surface area contributed by atoms with Crippen LogP contribution >= 0.6 is 35.3 Å². The third-order valence-corrected chi connectivity index (χ3v) is 5.79. The van der Waals surface area contributed by atoms with E-state index >= 15 is 0 Å². The van der Waals surface area contributed by atoms with Gasteiger partial charge >= 0.3 is 5.82 Å². The van der Waals surface area contributed by atoms with Crippen LogP contribution in [0.4, 0.5) is 0 Å². The quantitative estimate of drug-likeness (QED) is 0.512. The molecule has 0 saturated carbocycles. The van der Waals surface area contributed by atoms with Crippen LogP contribution in [0.25, 0.3) is 10.2 Å². The number of nitrogens with zero attached hydrogens (tertiary/aromatic N) is 2. The largest absolute Gasteiger partial charge is 0.710 e. The molecule has 3 heterocycles. The first-order valence-corrected chi connectivity index (χ1v) is 9.35. The lowest BCUT2D eigenvalue weighted by molar-refractivity contribution is -0.591. The van der Waals surface area contributed by atoms with E-state index < -0.39 is 0 Å². The highest BCUT2D eigenvalue weighted by atomic mass is 35.5. The molecule has 1 saturated heterocycles. The molecule has 0 aliphatic carbocycles. The fraction of sp³-hybridized carbons (Fsp3) is 0.333. The number of rotatable bonds is 2. The van der Waals surface area contributed by atoms with Gasteiger partial charge < -0.3 is 16.0 Å². The smallest absolute Gasteiger partial charge is 0.305 e. The molecule has 1 aliphatic heterocycles. The van der Waals surface area contributed by atoms with Crippen LogP contribution in [0.3, 0.4) is 0 Å². The van der Waals surface area contributed by atoms with Gasteiger partial charge in [-0.1, -0.05) is 28.7 Å². The van der Waals surface area contributed by atoms with Crippen LogP contribution in [0.15, 0.2) is 41.9 Å². The minimum absolute atomic E-state index is 0. The Balaban J connectivity index is 0.00000121. The summed E-state index contributed by atoms with van der Waals surface area (Å²) in [5, 5.41) is 19.0. The van der Waals surface area contributed by atoms with Gasteiger partial charge in [0.25, 0.3) is 0 Å². The van der Waals surface area contributed by atoms with Crippen molar-refractivity contribution in [3.8, 4) is 0 Å². The molecular formula is C18H21Cl2N3O2S. The number of halogens is 2. The molecule has 140 valence electrons. The van der Waals surface area contributed by atoms with E-state index in [1.54, 1.807) is 11.3 Å². The molecule has 3 N–H and O–H groups in total. The lowest BCUT2D eigenvalue weighted by Gasteiger charge is -2.33. The topological polar surface area (TPSA) is 83.4 Å². The zero-order chi connectivity index (χ0) is 16.7. The van der Waals surface area contributed by atoms with Crippen LogP contribution in [0.2, 0.25) is 5.02 Å². The molecule has 4 rings (SSSR count). The number of nitrogens with one attached hydrogen (secondary N) is 1. The second-order valence-corrected chi connectivity index (χ2v) is 7.81. The monoisotopic (exact) mass is 413 g/mol. The highest BCUT2D eigenvalue weighted by molar-refractivity contribution is 7.17. The predicted molar refractivity (Wildman–Crippen MR) is 108 cm³/mol. The summed E-state index contributed by atoms with van der Waals surface area (Å²) >= 11 is 7.54. The number of aromatic nitrogens is 2. The Morgan fingerprint density at radius 2 is 1.96 bits per heavy atom. The summed E-state index contributed by atoms with van der Waals surface area (Å²) in [4.78, 5) is 4.49. The summed E-state index contributed by atoms with van der Waals surface area (Å²) in [6, 6.07) is 10.3. The van der Waals surface area contributed by atoms with Crippen molar-refractivity contribution in [1.29, 1.82) is 0 Å². The highest BCUT2D eigenvalue weighted by Crippen LogP contribution is 2.35. The number of hydrogen-bond donors (Lipinski definition) is 1. The maximum atomic E-state index is 12.7. The van der Waals surface area contributed by atoms with E-state index in [9.17, 15) is 5.21 Å². The Bertz CT molecular complexity index is 873. The van der Waals surface area contributed by atoms with E-state index in [1.807, 2.05) is 29.8 Å². The lowest BCUT2D eigenvalue weighted by Crippen LogP contribution is -2.43. The van der Waals surface area contributed by atoms with E-state index in [-0.39, 0.29) is 29.8 Å². The first-order valence-electron chi connectivity index (χ1n) is 8.09. The SMILES string of the molecule is CC1CC(c2ncc3sccc3[n+]2[O-])CC(c2ccc(Cl)cc2)N1.Cl.O. The average molecular weight is 414 g/mol. The number of fused-ring (bicyclic) bond motifs is 1. The molecule has 1 aliphatic rings. The van der Waals surface area contributed by atoms with Crippen LogP contribution in [-0.4, -0.2) is 16.5 Å². The van der Waals surface area contributed by atoms with Crippen molar-refractivity contribution in [2.75, 3.05) is 0 Å². The van der Waals surface area contributed by atoms with E-state index in [1.165, 1.54) is 5.56 Å². The van der Waals surface area contributed by atoms with Crippen molar-refractivity contribution in [2.45, 2.75) is 37.8 Å². The van der Waals surface area contributed by atoms with Crippen LogP contribution in [0.5, 0.6) is 0 Å². The van der Waals surface area contributed by atoms with E-state index in [0.717, 1.165) is 32.8 Å². The first-order chi connectivity index (χ1) is 11.6. The minimum atomic E-state index is 0. The molecule has 3 unspecified atom stereocenters. The van der Waals surface area contributed by atoms with Gasteiger partial charge in [-0.2, -0.15) is 0 Å². The van der Waals surface area contributed by atoms with Crippen molar-refractivity contribution in [2.24, 2.45) is 0 Å². The number of thiophene rings is 1. The van der Waals surface area contributed by atoms with Gasteiger partial charge in [0.15, 0.2) is 11.7 Å². The third kappa shape index (κ3) is 3.94. The molecule has 26 heavy (non-hydrogen) atoms. The van der Waals surface area contributed by atoms with Crippen molar-refractivity contribution < 1.29 is 10.2 Å². The molecule has 1 fully saturated rings. The molecule has 3 atom stereocenters. The number of benzene rings is 1. The van der Waals surface area contributed by atoms with Crippen LogP contribution in [0.1, 0.15) is 43.1 Å². The van der Waals surface area contributed by atoms with Gasteiger partial charge in [0, 0.05) is 17.1 Å². The van der Waals surface area contributed by atoms with Crippen molar-refractivity contribution >= 4 is 45.6 Å². The Labute approximate surface area is 167 Å². The average Bonchev–Trinajstić information content (AvgIpc) is 3.05. The summed E-state index contributed by atoms with van der Waals surface area (Å²) in [5.41, 5.74) is 1.92. The zero-order valence-electron chi connectivity index (χ0n) is 14.2. The molecule has 1 aromatic carbocycles. The second kappa shape index (κ2) is 8.50. The van der Waals surface area contributed by atoms with E-state index in [0.29, 0.717) is 11.9 Å². The maximum Gasteiger partial charge on any atom is 0.305 e. The molecule has 8 heteroatoms. The molecule has 0 spiro atoms. The van der Waals surface area contributed by atoms with Gasteiger partial charge in [0.1, 0.15) is 4.70 Å². The Hall–Kier alpha value is -1.44. The maximum absolute atomic E-state index is 12.7. The van der Waals surface area contributed by atoms with Gasteiger partial charge in [0.2, 0.25) is 0 Å². The zero-order valence-corrected chi connectivity index (χ0v) is 16.6. The van der Waals surface area contributed by atoms with Gasteiger partial charge in [-0.25, -0.2) is 4.73 Å². The Morgan fingerprint density at radius 3 is 2.69 bits per heavy atom. The summed E-state index contributed by atoms with van der Waals surface area (Å²) in [7, 11) is 0. The number of hydrogen-bond acceptors (Lipinski definition) is 4. The lowest BCUT2D eigenvalue weighted by atomic mass is 9.85. The summed E-state index contributed by atoms with van der Waals surface area (Å²) in [6.45, 7) is 2.16.